The highest BCUT2D eigenvalue weighted by molar-refractivity contribution is 5.78. The minimum Gasteiger partial charge on any atom is -0.342 e. The van der Waals surface area contributed by atoms with Crippen LogP contribution in [-0.2, 0) is 10.2 Å². The number of benzene rings is 1. The molecule has 1 aromatic carbocycles. The van der Waals surface area contributed by atoms with Gasteiger partial charge in [-0.2, -0.15) is 5.26 Å². The van der Waals surface area contributed by atoms with Crippen molar-refractivity contribution in [3.63, 3.8) is 0 Å². The average molecular weight is 285 g/mol. The highest BCUT2D eigenvalue weighted by Crippen LogP contribution is 2.43. The van der Waals surface area contributed by atoms with Gasteiger partial charge in [0, 0.05) is 19.1 Å². The molecular weight excluding hydrogens is 262 g/mol. The molecule has 112 valence electrons. The van der Waals surface area contributed by atoms with E-state index >= 15 is 0 Å². The summed E-state index contributed by atoms with van der Waals surface area (Å²) in [4.78, 5) is 13.8. The number of carbonyl (C=O) groups is 1. The molecule has 0 heterocycles. The van der Waals surface area contributed by atoms with Crippen LogP contribution in [0.4, 0.5) is 0 Å². The van der Waals surface area contributed by atoms with Gasteiger partial charge in [-0.05, 0) is 32.3 Å². The molecule has 0 unspecified atom stereocenters. The lowest BCUT2D eigenvalue weighted by Gasteiger charge is -2.43. The van der Waals surface area contributed by atoms with Crippen LogP contribution < -0.4 is 5.32 Å². The number of carbonyl (C=O) groups excluding carboxylic acids is 1. The Morgan fingerprint density at radius 1 is 1.33 bits per heavy atom. The van der Waals surface area contributed by atoms with E-state index in [-0.39, 0.29) is 17.4 Å². The van der Waals surface area contributed by atoms with Crippen molar-refractivity contribution in [3.05, 3.63) is 35.9 Å². The summed E-state index contributed by atoms with van der Waals surface area (Å²) in [7, 11) is 0. The molecule has 0 aliphatic heterocycles. The first kappa shape index (κ1) is 15.5. The Morgan fingerprint density at radius 3 is 2.48 bits per heavy atom. The second-order valence-electron chi connectivity index (χ2n) is 5.61. The van der Waals surface area contributed by atoms with Crippen LogP contribution in [0.1, 0.15) is 32.3 Å². The lowest BCUT2D eigenvalue weighted by atomic mass is 9.62. The lowest BCUT2D eigenvalue weighted by Crippen LogP contribution is -2.53. The van der Waals surface area contributed by atoms with Gasteiger partial charge in [0.1, 0.15) is 0 Å². The van der Waals surface area contributed by atoms with E-state index in [0.29, 0.717) is 6.54 Å². The minimum absolute atomic E-state index is 0.133. The van der Waals surface area contributed by atoms with Crippen LogP contribution in [0.15, 0.2) is 30.3 Å². The molecule has 1 aromatic rings. The van der Waals surface area contributed by atoms with Gasteiger partial charge in [0.15, 0.2) is 0 Å². The largest absolute Gasteiger partial charge is 0.342 e. The Bertz CT molecular complexity index is 511. The van der Waals surface area contributed by atoms with Crippen molar-refractivity contribution in [1.29, 1.82) is 5.26 Å². The predicted octanol–water partition coefficient (Wildman–Crippen LogP) is 2.07. The third kappa shape index (κ3) is 3.25. The van der Waals surface area contributed by atoms with E-state index in [1.807, 2.05) is 49.1 Å². The Kier molecular flexibility index (Phi) is 4.98. The van der Waals surface area contributed by atoms with Crippen LogP contribution in [0.5, 0.6) is 0 Å². The third-order valence-electron chi connectivity index (χ3n) is 4.39. The Hall–Kier alpha value is -1.86. The van der Waals surface area contributed by atoms with Gasteiger partial charge in [0.25, 0.3) is 0 Å². The Labute approximate surface area is 126 Å². The summed E-state index contributed by atoms with van der Waals surface area (Å²) in [5, 5.41) is 12.8. The fraction of sp³-hybridized carbons (Fsp3) is 0.529. The van der Waals surface area contributed by atoms with Crippen molar-refractivity contribution in [3.8, 4) is 6.07 Å². The number of rotatable bonds is 6. The molecular formula is C17H23N3O. The number of amides is 1. The van der Waals surface area contributed by atoms with Gasteiger partial charge in [-0.15, -0.1) is 0 Å². The molecule has 0 saturated heterocycles. The Balaban J connectivity index is 1.86. The SMILES string of the molecule is CCN(CC)C(=O)CNC1CC(C#N)(c2ccccc2)C1. The highest BCUT2D eigenvalue weighted by Gasteiger charge is 2.45. The zero-order chi connectivity index (χ0) is 15.3. The van der Waals surface area contributed by atoms with Crippen LogP contribution in [0.25, 0.3) is 0 Å². The molecule has 1 aliphatic carbocycles. The van der Waals surface area contributed by atoms with E-state index in [9.17, 15) is 10.1 Å². The smallest absolute Gasteiger partial charge is 0.236 e. The monoisotopic (exact) mass is 285 g/mol. The van der Waals surface area contributed by atoms with Crippen molar-refractivity contribution in [1.82, 2.24) is 10.2 Å². The number of likely N-dealkylation sites (N-methyl/N-ethyl adjacent to an activating group) is 1. The fourth-order valence-electron chi connectivity index (χ4n) is 2.99. The van der Waals surface area contributed by atoms with Crippen molar-refractivity contribution < 1.29 is 4.79 Å². The highest BCUT2D eigenvalue weighted by atomic mass is 16.2. The van der Waals surface area contributed by atoms with Crippen LogP contribution in [0.2, 0.25) is 0 Å². The molecule has 4 nitrogen and oxygen atoms in total. The van der Waals surface area contributed by atoms with E-state index in [4.69, 9.17) is 0 Å². The lowest BCUT2D eigenvalue weighted by molar-refractivity contribution is -0.130. The van der Waals surface area contributed by atoms with Crippen LogP contribution in [-0.4, -0.2) is 36.5 Å². The summed E-state index contributed by atoms with van der Waals surface area (Å²) in [5.41, 5.74) is 0.706. The molecule has 0 spiro atoms. The first-order valence-corrected chi connectivity index (χ1v) is 7.63. The molecule has 4 heteroatoms. The first-order chi connectivity index (χ1) is 10.1. The van der Waals surface area contributed by atoms with Crippen LogP contribution in [0.3, 0.4) is 0 Å². The molecule has 0 aromatic heterocycles. The summed E-state index contributed by atoms with van der Waals surface area (Å²) >= 11 is 0. The number of nitrogens with zero attached hydrogens (tertiary/aromatic N) is 2. The van der Waals surface area contributed by atoms with E-state index in [2.05, 4.69) is 11.4 Å². The predicted molar refractivity (Wildman–Crippen MR) is 82.7 cm³/mol. The number of hydrogen-bond donors (Lipinski definition) is 1. The normalized spacial score (nSPS) is 24.0. The summed E-state index contributed by atoms with van der Waals surface area (Å²) < 4.78 is 0. The van der Waals surface area contributed by atoms with Gasteiger partial charge >= 0.3 is 0 Å². The van der Waals surface area contributed by atoms with Crippen molar-refractivity contribution in [2.24, 2.45) is 0 Å². The van der Waals surface area contributed by atoms with Gasteiger partial charge in [-0.1, -0.05) is 30.3 Å². The maximum atomic E-state index is 11.9. The maximum absolute atomic E-state index is 11.9. The fourth-order valence-corrected chi connectivity index (χ4v) is 2.99. The van der Waals surface area contributed by atoms with E-state index < -0.39 is 0 Å². The quantitative estimate of drug-likeness (QED) is 0.870. The van der Waals surface area contributed by atoms with E-state index in [0.717, 1.165) is 31.5 Å². The second-order valence-corrected chi connectivity index (χ2v) is 5.61. The van der Waals surface area contributed by atoms with E-state index in [1.54, 1.807) is 0 Å². The zero-order valence-electron chi connectivity index (χ0n) is 12.8. The molecule has 2 rings (SSSR count). The van der Waals surface area contributed by atoms with Gasteiger partial charge in [0.05, 0.1) is 18.0 Å². The second kappa shape index (κ2) is 6.73. The average Bonchev–Trinajstić information content (AvgIpc) is 2.48. The molecule has 1 saturated carbocycles. The van der Waals surface area contributed by atoms with Crippen molar-refractivity contribution in [2.45, 2.75) is 38.1 Å². The molecule has 1 fully saturated rings. The standard InChI is InChI=1S/C17H23N3O/c1-3-20(4-2)16(21)12-19-15-10-17(11-15,13-18)14-8-6-5-7-9-14/h5-9,15,19H,3-4,10-12H2,1-2H3. The molecule has 0 atom stereocenters. The van der Waals surface area contributed by atoms with Gasteiger partial charge in [-0.25, -0.2) is 0 Å². The topological polar surface area (TPSA) is 56.1 Å². The van der Waals surface area contributed by atoms with Crippen molar-refractivity contribution in [2.75, 3.05) is 19.6 Å². The number of hydrogen-bond acceptors (Lipinski definition) is 3. The van der Waals surface area contributed by atoms with Crippen molar-refractivity contribution >= 4 is 5.91 Å². The summed E-state index contributed by atoms with van der Waals surface area (Å²) in [6, 6.07) is 12.6. The molecule has 21 heavy (non-hydrogen) atoms. The molecule has 0 radical (unpaired) electrons. The van der Waals surface area contributed by atoms with Gasteiger partial charge < -0.3 is 10.2 Å². The van der Waals surface area contributed by atoms with E-state index in [1.165, 1.54) is 0 Å². The van der Waals surface area contributed by atoms with Crippen LogP contribution in [0, 0.1) is 11.3 Å². The van der Waals surface area contributed by atoms with Gasteiger partial charge in [0.2, 0.25) is 5.91 Å². The maximum Gasteiger partial charge on any atom is 0.236 e. The molecule has 1 amide bonds. The van der Waals surface area contributed by atoms with Gasteiger partial charge in [-0.3, -0.25) is 4.79 Å². The summed E-state index contributed by atoms with van der Waals surface area (Å²) in [6.45, 7) is 5.83. The zero-order valence-corrected chi connectivity index (χ0v) is 12.8. The Morgan fingerprint density at radius 2 is 1.95 bits per heavy atom. The molecule has 1 aliphatic rings. The van der Waals surface area contributed by atoms with Crippen LogP contribution >= 0.6 is 0 Å². The summed E-state index contributed by atoms with van der Waals surface area (Å²) in [5.74, 6) is 0.133. The molecule has 0 bridgehead atoms. The molecule has 1 N–H and O–H groups in total. The summed E-state index contributed by atoms with van der Waals surface area (Å²) in [6.07, 6.45) is 1.55. The third-order valence-corrected chi connectivity index (χ3v) is 4.39. The minimum atomic E-state index is -0.378. The number of nitrogens with one attached hydrogen (secondary N) is 1. The first-order valence-electron chi connectivity index (χ1n) is 7.63. The number of nitriles is 1.